The highest BCUT2D eigenvalue weighted by atomic mass is 32.1. The molecule has 75 heavy (non-hydrogen) atoms. The van der Waals surface area contributed by atoms with Gasteiger partial charge >= 0.3 is 12.0 Å². The highest BCUT2D eigenvalue weighted by molar-refractivity contribution is 7.10. The molecule has 2 aliphatic carbocycles. The number of hydrogen-bond donors (Lipinski definition) is 2. The zero-order valence-electron chi connectivity index (χ0n) is 44.5. The molecule has 19 heteroatoms. The lowest BCUT2D eigenvalue weighted by Gasteiger charge is -2.53. The summed E-state index contributed by atoms with van der Waals surface area (Å²) in [4.78, 5) is 64.0. The van der Waals surface area contributed by atoms with Gasteiger partial charge in [-0.1, -0.05) is 19.9 Å². The molecule has 404 valence electrons. The molecular formula is C56H76N10O8S. The molecule has 5 atom stereocenters. The molecule has 10 heterocycles. The van der Waals surface area contributed by atoms with Crippen molar-refractivity contribution in [1.82, 2.24) is 45.0 Å². The number of anilines is 1. The number of hydrogen-bond acceptors (Lipinski definition) is 15. The Kier molecular flexibility index (Phi) is 14.5. The molecule has 7 aliphatic heterocycles. The standard InChI is InChI=1S/C56H76N10O8S/c1-34-10-13-64(34)55(69)59-49-51(63-18-23-72-24-19-63)52-58-45(32-75-52)36-6-9-46-42(28-36)44(30-56(3,4)33-74-54(68)48-37-26-39(27-37)66(60-48)53(49)67)50(65(46)20-25-73-41-11-21-71-22-12-41)43-29-40(31-57-47(43)35(2)70-5)62-16-14-61(15-17-62)38-7-8-38/h6,9,28-29,31-32,34-35,37-39,41,48-49,51,60H,7-8,10-27,30,33H2,1-5H3,(H,59,69)/t34-,35+,37?,39?,48+,49+,51+/m1/s1. The van der Waals surface area contributed by atoms with Gasteiger partial charge in [0.05, 0.1) is 73.6 Å². The van der Waals surface area contributed by atoms with Gasteiger partial charge in [0.25, 0.3) is 5.91 Å². The first-order chi connectivity index (χ1) is 36.4. The third kappa shape index (κ3) is 10.2. The highest BCUT2D eigenvalue weighted by Gasteiger charge is 2.53. The van der Waals surface area contributed by atoms with Gasteiger partial charge < -0.3 is 43.4 Å². The Bertz CT molecular complexity index is 2740. The second-order valence-electron chi connectivity index (χ2n) is 23.2. The molecule has 3 amide bonds. The lowest BCUT2D eigenvalue weighted by atomic mass is 9.73. The zero-order valence-corrected chi connectivity index (χ0v) is 45.3. The van der Waals surface area contributed by atoms with E-state index in [2.05, 4.69) is 80.4 Å². The molecule has 0 spiro atoms. The Morgan fingerprint density at radius 3 is 2.44 bits per heavy atom. The molecular weight excluding hydrogens is 973 g/mol. The van der Waals surface area contributed by atoms with Crippen LogP contribution in [0.2, 0.25) is 0 Å². The molecule has 4 aromatic rings. The molecule has 18 nitrogen and oxygen atoms in total. The number of methoxy groups -OCH3 is 1. The fraction of sp³-hybridized carbons (Fsp3) is 0.661. The molecule has 2 N–H and O–H groups in total. The number of morpholine rings is 1. The van der Waals surface area contributed by atoms with Crippen molar-refractivity contribution in [3.05, 3.63) is 52.1 Å². The first-order valence-electron chi connectivity index (χ1n) is 27.9. The average Bonchev–Trinajstić information content (AvgIpc) is 4.13. The Morgan fingerprint density at radius 2 is 1.72 bits per heavy atom. The fourth-order valence-electron chi connectivity index (χ4n) is 12.7. The van der Waals surface area contributed by atoms with E-state index in [1.54, 1.807) is 17.0 Å². The molecule has 0 radical (unpaired) electrons. The van der Waals surface area contributed by atoms with Crippen molar-refractivity contribution < 1.29 is 38.1 Å². The molecule has 0 unspecified atom stereocenters. The summed E-state index contributed by atoms with van der Waals surface area (Å²) in [5.74, 6) is -0.635. The molecule has 8 bridgehead atoms. The molecule has 9 aliphatic rings. The Balaban J connectivity index is 1.01. The number of urea groups is 1. The van der Waals surface area contributed by atoms with E-state index in [9.17, 15) is 9.59 Å². The maximum Gasteiger partial charge on any atom is 0.325 e. The van der Waals surface area contributed by atoms with Crippen LogP contribution in [-0.4, -0.2) is 181 Å². The normalized spacial score (nSPS) is 28.4. The molecule has 2 saturated carbocycles. The number of carbonyl (C=O) groups excluding carboxylic acids is 3. The zero-order chi connectivity index (χ0) is 51.5. The number of amides is 3. The predicted molar refractivity (Wildman–Crippen MR) is 285 cm³/mol. The van der Waals surface area contributed by atoms with Gasteiger partial charge in [-0.15, -0.1) is 11.3 Å². The van der Waals surface area contributed by atoms with Gasteiger partial charge in [0.15, 0.2) is 0 Å². The number of piperazine rings is 1. The molecule has 8 fully saturated rings. The van der Waals surface area contributed by atoms with Crippen LogP contribution in [0.15, 0.2) is 35.8 Å². The smallest absolute Gasteiger partial charge is 0.325 e. The van der Waals surface area contributed by atoms with Crippen molar-refractivity contribution in [1.29, 1.82) is 0 Å². The number of benzene rings is 1. The fourth-order valence-corrected chi connectivity index (χ4v) is 13.7. The van der Waals surface area contributed by atoms with E-state index in [1.165, 1.54) is 24.2 Å². The number of nitrogens with zero attached hydrogens (tertiary/aromatic N) is 8. The molecule has 3 aromatic heterocycles. The number of cyclic esters (lactones) is 1. The van der Waals surface area contributed by atoms with E-state index in [0.717, 1.165) is 107 Å². The van der Waals surface area contributed by atoms with E-state index in [1.807, 2.05) is 13.1 Å². The van der Waals surface area contributed by atoms with Crippen molar-refractivity contribution in [2.24, 2.45) is 11.3 Å². The van der Waals surface area contributed by atoms with Crippen LogP contribution in [0, 0.1) is 11.3 Å². The summed E-state index contributed by atoms with van der Waals surface area (Å²) in [7, 11) is 1.75. The number of nitrogens with one attached hydrogen (secondary N) is 2. The van der Waals surface area contributed by atoms with Gasteiger partial charge in [-0.2, -0.15) is 0 Å². The van der Waals surface area contributed by atoms with Gasteiger partial charge in [0, 0.05) is 124 Å². The lowest BCUT2D eigenvalue weighted by Crippen LogP contribution is -2.72. The number of pyridine rings is 1. The predicted octanol–water partition coefficient (Wildman–Crippen LogP) is 6.18. The van der Waals surface area contributed by atoms with Crippen molar-refractivity contribution in [3.63, 3.8) is 0 Å². The summed E-state index contributed by atoms with van der Waals surface area (Å²) in [5, 5.41) is 8.78. The molecule has 1 aromatic carbocycles. The molecule has 13 rings (SSSR count). The highest BCUT2D eigenvalue weighted by Crippen LogP contribution is 2.45. The second-order valence-corrected chi connectivity index (χ2v) is 24.1. The summed E-state index contributed by atoms with van der Waals surface area (Å²) in [6, 6.07) is 7.06. The van der Waals surface area contributed by atoms with E-state index in [0.29, 0.717) is 78.5 Å². The SMILES string of the molecule is CO[C@@H](C)c1ncc(N2CCN(C3CC3)CC2)cc1-c1c2c3cc(ccc3n1CCOC1CCOCC1)-c1csc(n1)[C@@H](N1CCOCC1)[C@H](NC(=O)N1CC[C@H]1C)C(=O)N1N[C@H](C(=O)OCC(C)(C)C2)C2CC1C2. The van der Waals surface area contributed by atoms with Crippen LogP contribution in [0.5, 0.6) is 0 Å². The lowest BCUT2D eigenvalue weighted by molar-refractivity contribution is -0.171. The number of fused-ring (bicyclic) bond motifs is 4. The van der Waals surface area contributed by atoms with Crippen LogP contribution in [0.1, 0.15) is 101 Å². The Morgan fingerprint density at radius 1 is 0.947 bits per heavy atom. The van der Waals surface area contributed by atoms with Gasteiger partial charge in [-0.25, -0.2) is 15.2 Å². The second kappa shape index (κ2) is 21.2. The number of ether oxygens (including phenoxy) is 5. The van der Waals surface area contributed by atoms with E-state index in [4.69, 9.17) is 33.7 Å². The minimum absolute atomic E-state index is 0.0239. The first-order valence-corrected chi connectivity index (χ1v) is 28.8. The van der Waals surface area contributed by atoms with Gasteiger partial charge in [-0.05, 0) is 94.9 Å². The van der Waals surface area contributed by atoms with Crippen LogP contribution in [0.3, 0.4) is 0 Å². The van der Waals surface area contributed by atoms with Gasteiger partial charge in [0.1, 0.15) is 17.1 Å². The topological polar surface area (TPSA) is 168 Å². The Labute approximate surface area is 444 Å². The number of carbonyl (C=O) groups is 3. The number of aromatic nitrogens is 3. The number of rotatable bonds is 11. The minimum Gasteiger partial charge on any atom is -0.464 e. The summed E-state index contributed by atoms with van der Waals surface area (Å²) in [6.07, 6.45) is 9.00. The quantitative estimate of drug-likeness (QED) is 0.164. The number of esters is 1. The van der Waals surface area contributed by atoms with Crippen LogP contribution in [0.4, 0.5) is 10.5 Å². The van der Waals surface area contributed by atoms with E-state index in [-0.39, 0.29) is 54.7 Å². The summed E-state index contributed by atoms with van der Waals surface area (Å²) in [5.41, 5.74) is 10.8. The molecule has 6 saturated heterocycles. The summed E-state index contributed by atoms with van der Waals surface area (Å²) < 4.78 is 33.3. The van der Waals surface area contributed by atoms with Crippen molar-refractivity contribution >= 4 is 45.8 Å². The van der Waals surface area contributed by atoms with Crippen LogP contribution < -0.4 is 15.6 Å². The third-order valence-electron chi connectivity index (χ3n) is 17.6. The summed E-state index contributed by atoms with van der Waals surface area (Å²) >= 11 is 1.51. The van der Waals surface area contributed by atoms with E-state index >= 15 is 4.79 Å². The number of hydrazine groups is 1. The average molecular weight is 1050 g/mol. The largest absolute Gasteiger partial charge is 0.464 e. The van der Waals surface area contributed by atoms with Crippen LogP contribution >= 0.6 is 11.3 Å². The number of likely N-dealkylation sites (tertiary alicyclic amines) is 1. The first kappa shape index (κ1) is 51.1. The maximum absolute atomic E-state index is 15.4. The summed E-state index contributed by atoms with van der Waals surface area (Å²) in [6.45, 7) is 17.7. The Hall–Kier alpha value is -4.73. The maximum atomic E-state index is 15.4. The monoisotopic (exact) mass is 1050 g/mol. The van der Waals surface area contributed by atoms with E-state index < -0.39 is 23.5 Å². The van der Waals surface area contributed by atoms with Crippen LogP contribution in [-0.2, 0) is 46.2 Å². The minimum atomic E-state index is -1.01. The van der Waals surface area contributed by atoms with Crippen molar-refractivity contribution in [2.45, 2.75) is 134 Å². The number of thiazole rings is 1. The third-order valence-corrected chi connectivity index (χ3v) is 18.5. The van der Waals surface area contributed by atoms with Crippen molar-refractivity contribution in [2.75, 3.05) is 97.5 Å². The van der Waals surface area contributed by atoms with Crippen molar-refractivity contribution in [3.8, 4) is 22.5 Å². The van der Waals surface area contributed by atoms with Gasteiger partial charge in [0.2, 0.25) is 0 Å². The van der Waals surface area contributed by atoms with Crippen LogP contribution in [0.25, 0.3) is 33.4 Å². The van der Waals surface area contributed by atoms with Gasteiger partial charge in [-0.3, -0.25) is 29.4 Å².